The number of fused-ring (bicyclic) bond motifs is 1. The smallest absolute Gasteiger partial charge is 0.246 e. The second-order valence-electron chi connectivity index (χ2n) is 6.52. The quantitative estimate of drug-likeness (QED) is 0.803. The van der Waals surface area contributed by atoms with Crippen molar-refractivity contribution >= 4 is 10.0 Å². The van der Waals surface area contributed by atoms with Crippen molar-refractivity contribution < 1.29 is 8.42 Å². The van der Waals surface area contributed by atoms with Crippen LogP contribution in [-0.2, 0) is 17.1 Å². The zero-order valence-corrected chi connectivity index (χ0v) is 14.0. The topological polar surface area (TPSA) is 58.4 Å². The van der Waals surface area contributed by atoms with Gasteiger partial charge in [0.1, 0.15) is 4.90 Å². The molecule has 7 heteroatoms. The van der Waals surface area contributed by atoms with Crippen LogP contribution in [0.2, 0.25) is 0 Å². The number of rotatable bonds is 2. The molecule has 118 valence electrons. The van der Waals surface area contributed by atoms with Crippen LogP contribution in [0.15, 0.2) is 4.90 Å². The molecule has 0 spiro atoms. The third kappa shape index (κ3) is 2.41. The lowest BCUT2D eigenvalue weighted by molar-refractivity contribution is 0.178. The van der Waals surface area contributed by atoms with Crippen molar-refractivity contribution in [2.24, 2.45) is 18.9 Å². The van der Waals surface area contributed by atoms with Crippen molar-refractivity contribution in [1.29, 1.82) is 0 Å². The first kappa shape index (κ1) is 15.0. The highest BCUT2D eigenvalue weighted by atomic mass is 32.2. The van der Waals surface area contributed by atoms with Gasteiger partial charge in [0.15, 0.2) is 0 Å². The summed E-state index contributed by atoms with van der Waals surface area (Å²) in [5, 5.41) is 4.25. The molecule has 3 rings (SSSR count). The summed E-state index contributed by atoms with van der Waals surface area (Å²) in [6.45, 7) is 6.97. The van der Waals surface area contributed by atoms with Gasteiger partial charge < -0.3 is 4.90 Å². The van der Waals surface area contributed by atoms with E-state index in [0.29, 0.717) is 35.5 Å². The highest BCUT2D eigenvalue weighted by Crippen LogP contribution is 2.35. The summed E-state index contributed by atoms with van der Waals surface area (Å²) in [6.07, 6.45) is 1.10. The van der Waals surface area contributed by atoms with E-state index in [1.54, 1.807) is 23.0 Å². The highest BCUT2D eigenvalue weighted by molar-refractivity contribution is 7.89. The van der Waals surface area contributed by atoms with E-state index >= 15 is 0 Å². The first-order valence-electron chi connectivity index (χ1n) is 7.49. The number of piperidine rings is 1. The van der Waals surface area contributed by atoms with Gasteiger partial charge >= 0.3 is 0 Å². The molecular weight excluding hydrogens is 288 g/mol. The Morgan fingerprint density at radius 2 is 1.76 bits per heavy atom. The van der Waals surface area contributed by atoms with E-state index in [-0.39, 0.29) is 0 Å². The first-order chi connectivity index (χ1) is 9.80. The minimum atomic E-state index is -3.42. The van der Waals surface area contributed by atoms with Crippen LogP contribution < -0.4 is 0 Å². The lowest BCUT2D eigenvalue weighted by atomic mass is 9.89. The minimum absolute atomic E-state index is 0.400. The van der Waals surface area contributed by atoms with Gasteiger partial charge in [0, 0.05) is 26.7 Å². The number of hydrogen-bond acceptors (Lipinski definition) is 4. The van der Waals surface area contributed by atoms with Crippen LogP contribution in [0.5, 0.6) is 0 Å². The summed E-state index contributed by atoms with van der Waals surface area (Å²) in [6, 6.07) is 0. The maximum absolute atomic E-state index is 13.0. The molecule has 2 fully saturated rings. The fourth-order valence-electron chi connectivity index (χ4n) is 3.76. The van der Waals surface area contributed by atoms with E-state index < -0.39 is 10.0 Å². The summed E-state index contributed by atoms with van der Waals surface area (Å²) >= 11 is 0. The van der Waals surface area contributed by atoms with Crippen LogP contribution >= 0.6 is 0 Å². The Bertz CT molecular complexity index is 652. The molecule has 2 aliphatic heterocycles. The second kappa shape index (κ2) is 5.07. The van der Waals surface area contributed by atoms with Crippen LogP contribution in [0.1, 0.15) is 17.8 Å². The number of nitrogens with zero attached hydrogens (tertiary/aromatic N) is 4. The molecule has 1 aromatic rings. The van der Waals surface area contributed by atoms with E-state index in [2.05, 4.69) is 17.0 Å². The average Bonchev–Trinajstić information content (AvgIpc) is 2.91. The molecular formula is C14H24N4O2S. The largest absolute Gasteiger partial charge is 0.306 e. The molecule has 3 heterocycles. The van der Waals surface area contributed by atoms with E-state index in [9.17, 15) is 8.42 Å². The Kier molecular flexibility index (Phi) is 3.62. The van der Waals surface area contributed by atoms with E-state index in [0.717, 1.165) is 25.2 Å². The Morgan fingerprint density at radius 3 is 2.38 bits per heavy atom. The predicted molar refractivity (Wildman–Crippen MR) is 80.5 cm³/mol. The normalized spacial score (nSPS) is 28.0. The molecule has 0 aliphatic carbocycles. The number of aromatic nitrogens is 2. The molecule has 0 saturated carbocycles. The van der Waals surface area contributed by atoms with Gasteiger partial charge in [-0.15, -0.1) is 0 Å². The standard InChI is InChI=1S/C14H24N4O2S/c1-10-14(11(2)17(4)15-10)21(19,20)18-8-12-5-6-16(3)7-13(12)9-18/h12-13H,5-9H2,1-4H3/t12-,13+/m1/s1. The van der Waals surface area contributed by atoms with Gasteiger partial charge in [-0.25, -0.2) is 8.42 Å². The fraction of sp³-hybridized carbons (Fsp3) is 0.786. The summed E-state index contributed by atoms with van der Waals surface area (Å²) in [5.41, 5.74) is 1.32. The summed E-state index contributed by atoms with van der Waals surface area (Å²) < 4.78 is 29.3. The summed E-state index contributed by atoms with van der Waals surface area (Å²) in [5.74, 6) is 0.976. The Hall–Kier alpha value is -0.920. The van der Waals surface area contributed by atoms with Crippen molar-refractivity contribution in [3.63, 3.8) is 0 Å². The number of sulfonamides is 1. The Labute approximate surface area is 126 Å². The monoisotopic (exact) mass is 312 g/mol. The highest BCUT2D eigenvalue weighted by Gasteiger charge is 2.42. The molecule has 21 heavy (non-hydrogen) atoms. The number of likely N-dealkylation sites (tertiary alicyclic amines) is 1. The van der Waals surface area contributed by atoms with E-state index in [1.807, 2.05) is 6.92 Å². The summed E-state index contributed by atoms with van der Waals surface area (Å²) in [4.78, 5) is 2.70. The molecule has 2 atom stereocenters. The molecule has 1 aromatic heterocycles. The third-order valence-corrected chi connectivity index (χ3v) is 7.10. The van der Waals surface area contributed by atoms with Crippen molar-refractivity contribution in [3.8, 4) is 0 Å². The van der Waals surface area contributed by atoms with Gasteiger partial charge in [0.2, 0.25) is 10.0 Å². The van der Waals surface area contributed by atoms with Crippen LogP contribution in [0.4, 0.5) is 0 Å². The molecule has 0 N–H and O–H groups in total. The molecule has 0 radical (unpaired) electrons. The van der Waals surface area contributed by atoms with E-state index in [1.165, 1.54) is 0 Å². The zero-order valence-electron chi connectivity index (χ0n) is 13.2. The molecule has 0 amide bonds. The van der Waals surface area contributed by atoms with Crippen LogP contribution in [0.3, 0.4) is 0 Å². The van der Waals surface area contributed by atoms with Gasteiger partial charge in [-0.1, -0.05) is 0 Å². The molecule has 2 saturated heterocycles. The van der Waals surface area contributed by atoms with Crippen molar-refractivity contribution in [2.45, 2.75) is 25.2 Å². The fourth-order valence-corrected chi connectivity index (χ4v) is 5.71. The Morgan fingerprint density at radius 1 is 1.10 bits per heavy atom. The molecule has 6 nitrogen and oxygen atoms in total. The number of aryl methyl sites for hydroxylation is 2. The van der Waals surface area contributed by atoms with Gasteiger partial charge in [-0.3, -0.25) is 4.68 Å². The lowest BCUT2D eigenvalue weighted by Gasteiger charge is -2.31. The maximum atomic E-state index is 13.0. The van der Waals surface area contributed by atoms with Gasteiger partial charge in [-0.2, -0.15) is 9.40 Å². The van der Waals surface area contributed by atoms with Crippen molar-refractivity contribution in [1.82, 2.24) is 19.0 Å². The van der Waals surface area contributed by atoms with Crippen molar-refractivity contribution in [2.75, 3.05) is 33.2 Å². The SMILES string of the molecule is Cc1nn(C)c(C)c1S(=O)(=O)N1C[C@H]2CCN(C)C[C@H]2C1. The molecule has 2 aliphatic rings. The van der Waals surface area contributed by atoms with Crippen LogP contribution in [-0.4, -0.2) is 60.6 Å². The van der Waals surface area contributed by atoms with Crippen molar-refractivity contribution in [3.05, 3.63) is 11.4 Å². The average molecular weight is 312 g/mol. The second-order valence-corrected chi connectivity index (χ2v) is 8.39. The minimum Gasteiger partial charge on any atom is -0.306 e. The molecule has 0 unspecified atom stereocenters. The van der Waals surface area contributed by atoms with Crippen LogP contribution in [0.25, 0.3) is 0 Å². The number of hydrogen-bond donors (Lipinski definition) is 0. The summed E-state index contributed by atoms with van der Waals surface area (Å²) in [7, 11) is 0.482. The molecule has 0 aromatic carbocycles. The molecule has 0 bridgehead atoms. The van der Waals surface area contributed by atoms with Crippen LogP contribution in [0, 0.1) is 25.7 Å². The lowest BCUT2D eigenvalue weighted by Crippen LogP contribution is -2.37. The van der Waals surface area contributed by atoms with Gasteiger partial charge in [0.05, 0.1) is 11.4 Å². The predicted octanol–water partition coefficient (Wildman–Crippen LogP) is 0.609. The van der Waals surface area contributed by atoms with Gasteiger partial charge in [0.25, 0.3) is 0 Å². The maximum Gasteiger partial charge on any atom is 0.246 e. The van der Waals surface area contributed by atoms with E-state index in [4.69, 9.17) is 0 Å². The third-order valence-electron chi connectivity index (χ3n) is 5.01. The van der Waals surface area contributed by atoms with Gasteiger partial charge in [-0.05, 0) is 45.7 Å². The zero-order chi connectivity index (χ0) is 15.4. The first-order valence-corrected chi connectivity index (χ1v) is 8.93. The Balaban J connectivity index is 1.90.